The van der Waals surface area contributed by atoms with Crippen LogP contribution in [0.4, 0.5) is 0 Å². The van der Waals surface area contributed by atoms with Crippen molar-refractivity contribution in [2.75, 3.05) is 13.3 Å². The summed E-state index contributed by atoms with van der Waals surface area (Å²) in [6.07, 6.45) is 0. The van der Waals surface area contributed by atoms with Crippen molar-refractivity contribution >= 4 is 11.3 Å². The number of benzene rings is 1. The maximum atomic E-state index is 5.44. The molecule has 0 amide bonds. The van der Waals surface area contributed by atoms with Crippen LogP contribution < -0.4 is 14.8 Å². The summed E-state index contributed by atoms with van der Waals surface area (Å²) >= 11 is 1.76. The van der Waals surface area contributed by atoms with Gasteiger partial charge in [0.05, 0.1) is 6.04 Å². The third kappa shape index (κ3) is 2.09. The molecular weight excluding hydrogens is 246 g/mol. The van der Waals surface area contributed by atoms with Gasteiger partial charge in [-0.15, -0.1) is 11.3 Å². The lowest BCUT2D eigenvalue weighted by Crippen LogP contribution is -2.20. The lowest BCUT2D eigenvalue weighted by molar-refractivity contribution is 0.174. The highest BCUT2D eigenvalue weighted by atomic mass is 32.1. The molecule has 3 nitrogen and oxygen atoms in total. The number of thiophene rings is 1. The van der Waals surface area contributed by atoms with Gasteiger partial charge in [-0.25, -0.2) is 0 Å². The van der Waals surface area contributed by atoms with Crippen LogP contribution in [0.25, 0.3) is 0 Å². The van der Waals surface area contributed by atoms with Crippen molar-refractivity contribution in [1.82, 2.24) is 5.32 Å². The quantitative estimate of drug-likeness (QED) is 0.917. The summed E-state index contributed by atoms with van der Waals surface area (Å²) < 4.78 is 10.8. The molecule has 4 heteroatoms. The van der Waals surface area contributed by atoms with Gasteiger partial charge >= 0.3 is 0 Å². The number of ether oxygens (including phenoxy) is 2. The van der Waals surface area contributed by atoms with Gasteiger partial charge in [0.1, 0.15) is 0 Å². The van der Waals surface area contributed by atoms with E-state index in [9.17, 15) is 0 Å². The summed E-state index contributed by atoms with van der Waals surface area (Å²) in [5.74, 6) is 1.67. The zero-order valence-corrected chi connectivity index (χ0v) is 11.0. The second-order valence-corrected chi connectivity index (χ2v) is 5.10. The van der Waals surface area contributed by atoms with E-state index in [0.717, 1.165) is 18.0 Å². The highest BCUT2D eigenvalue weighted by molar-refractivity contribution is 7.10. The van der Waals surface area contributed by atoms with Crippen molar-refractivity contribution in [3.8, 4) is 11.5 Å². The topological polar surface area (TPSA) is 30.5 Å². The van der Waals surface area contributed by atoms with Gasteiger partial charge in [0.2, 0.25) is 6.79 Å². The van der Waals surface area contributed by atoms with Gasteiger partial charge in [0.25, 0.3) is 0 Å². The molecule has 0 saturated carbocycles. The van der Waals surface area contributed by atoms with E-state index in [1.165, 1.54) is 10.4 Å². The predicted octanol–water partition coefficient (Wildman–Crippen LogP) is 3.18. The van der Waals surface area contributed by atoms with E-state index in [4.69, 9.17) is 9.47 Å². The molecule has 94 valence electrons. The van der Waals surface area contributed by atoms with Crippen molar-refractivity contribution < 1.29 is 9.47 Å². The first kappa shape index (κ1) is 11.6. The third-order valence-electron chi connectivity index (χ3n) is 2.97. The molecule has 1 aromatic heterocycles. The zero-order valence-electron chi connectivity index (χ0n) is 10.2. The Hall–Kier alpha value is -1.52. The van der Waals surface area contributed by atoms with Crippen LogP contribution in [0, 0.1) is 0 Å². The minimum atomic E-state index is 0.226. The fraction of sp³-hybridized carbons (Fsp3) is 0.286. The Kier molecular flexibility index (Phi) is 3.21. The van der Waals surface area contributed by atoms with E-state index in [-0.39, 0.29) is 6.04 Å². The van der Waals surface area contributed by atoms with Gasteiger partial charge in [-0.05, 0) is 35.7 Å². The highest BCUT2D eigenvalue weighted by Crippen LogP contribution is 2.36. The molecule has 1 atom stereocenters. The van der Waals surface area contributed by atoms with Crippen LogP contribution in [0.15, 0.2) is 35.7 Å². The SMILES string of the molecule is CCNC(c1ccc2c(c1)OCO2)c1cccs1. The van der Waals surface area contributed by atoms with E-state index >= 15 is 0 Å². The second kappa shape index (κ2) is 5.00. The molecule has 0 fully saturated rings. The molecule has 1 unspecified atom stereocenters. The van der Waals surface area contributed by atoms with E-state index in [2.05, 4.69) is 41.9 Å². The van der Waals surface area contributed by atoms with Gasteiger partial charge in [0, 0.05) is 4.88 Å². The van der Waals surface area contributed by atoms with E-state index in [0.29, 0.717) is 6.79 Å². The minimum absolute atomic E-state index is 0.226. The van der Waals surface area contributed by atoms with Crippen LogP contribution in [-0.4, -0.2) is 13.3 Å². The van der Waals surface area contributed by atoms with E-state index in [1.54, 1.807) is 11.3 Å². The van der Waals surface area contributed by atoms with E-state index in [1.807, 2.05) is 6.07 Å². The number of hydrogen-bond donors (Lipinski definition) is 1. The van der Waals surface area contributed by atoms with Gasteiger partial charge in [-0.1, -0.05) is 19.1 Å². The molecule has 1 aromatic carbocycles. The van der Waals surface area contributed by atoms with Crippen LogP contribution in [-0.2, 0) is 0 Å². The fourth-order valence-electron chi connectivity index (χ4n) is 2.14. The fourth-order valence-corrected chi connectivity index (χ4v) is 2.96. The number of fused-ring (bicyclic) bond motifs is 1. The van der Waals surface area contributed by atoms with Gasteiger partial charge in [0.15, 0.2) is 11.5 Å². The first-order valence-corrected chi connectivity index (χ1v) is 6.93. The van der Waals surface area contributed by atoms with Crippen molar-refractivity contribution in [3.05, 3.63) is 46.2 Å². The molecule has 0 radical (unpaired) electrons. The van der Waals surface area contributed by atoms with Crippen molar-refractivity contribution in [1.29, 1.82) is 0 Å². The Morgan fingerprint density at radius 1 is 1.28 bits per heavy atom. The summed E-state index contributed by atoms with van der Waals surface area (Å²) in [7, 11) is 0. The van der Waals surface area contributed by atoms with Crippen LogP contribution >= 0.6 is 11.3 Å². The van der Waals surface area contributed by atoms with Gasteiger partial charge in [-0.2, -0.15) is 0 Å². The van der Waals surface area contributed by atoms with Crippen LogP contribution in [0.3, 0.4) is 0 Å². The molecule has 2 heterocycles. The highest BCUT2D eigenvalue weighted by Gasteiger charge is 2.19. The molecule has 1 aliphatic heterocycles. The number of hydrogen-bond acceptors (Lipinski definition) is 4. The predicted molar refractivity (Wildman–Crippen MR) is 72.4 cm³/mol. The molecule has 1 N–H and O–H groups in total. The van der Waals surface area contributed by atoms with Gasteiger partial charge in [-0.3, -0.25) is 0 Å². The van der Waals surface area contributed by atoms with Crippen molar-refractivity contribution in [2.24, 2.45) is 0 Å². The molecule has 0 bridgehead atoms. The molecular formula is C14H15NO2S. The molecule has 0 spiro atoms. The zero-order chi connectivity index (χ0) is 12.4. The minimum Gasteiger partial charge on any atom is -0.454 e. The molecule has 1 aliphatic rings. The first-order chi connectivity index (χ1) is 8.88. The number of rotatable bonds is 4. The maximum absolute atomic E-state index is 5.44. The smallest absolute Gasteiger partial charge is 0.231 e. The summed E-state index contributed by atoms with van der Waals surface area (Å²) in [5, 5.41) is 5.61. The lowest BCUT2D eigenvalue weighted by Gasteiger charge is -2.17. The Bertz CT molecular complexity index is 525. The maximum Gasteiger partial charge on any atom is 0.231 e. The normalized spacial score (nSPS) is 14.7. The van der Waals surface area contributed by atoms with Crippen LogP contribution in [0.1, 0.15) is 23.4 Å². The van der Waals surface area contributed by atoms with Gasteiger partial charge < -0.3 is 14.8 Å². The first-order valence-electron chi connectivity index (χ1n) is 6.05. The lowest BCUT2D eigenvalue weighted by atomic mass is 10.0. The number of nitrogens with one attached hydrogen (secondary N) is 1. The molecule has 0 saturated heterocycles. The third-order valence-corrected chi connectivity index (χ3v) is 3.90. The van der Waals surface area contributed by atoms with E-state index < -0.39 is 0 Å². The van der Waals surface area contributed by atoms with Crippen molar-refractivity contribution in [3.63, 3.8) is 0 Å². The molecule has 0 aliphatic carbocycles. The Morgan fingerprint density at radius 2 is 2.17 bits per heavy atom. The molecule has 18 heavy (non-hydrogen) atoms. The summed E-state index contributed by atoms with van der Waals surface area (Å²) in [5.41, 5.74) is 1.21. The summed E-state index contributed by atoms with van der Waals surface area (Å²) in [6, 6.07) is 10.6. The van der Waals surface area contributed by atoms with Crippen molar-refractivity contribution in [2.45, 2.75) is 13.0 Å². The monoisotopic (exact) mass is 261 g/mol. The van der Waals surface area contributed by atoms with Crippen LogP contribution in [0.2, 0.25) is 0 Å². The average Bonchev–Trinajstić information content (AvgIpc) is 3.05. The standard InChI is InChI=1S/C14H15NO2S/c1-2-15-14(13-4-3-7-18-13)10-5-6-11-12(8-10)17-9-16-11/h3-8,14-15H,2,9H2,1H3. The molecule has 3 rings (SSSR count). The largest absolute Gasteiger partial charge is 0.454 e. The Morgan fingerprint density at radius 3 is 2.94 bits per heavy atom. The Balaban J connectivity index is 1.95. The summed E-state index contributed by atoms with van der Waals surface area (Å²) in [6.45, 7) is 3.37. The van der Waals surface area contributed by atoms with Crippen LogP contribution in [0.5, 0.6) is 11.5 Å². The Labute approximate surface area is 110 Å². The summed E-state index contributed by atoms with van der Waals surface area (Å²) in [4.78, 5) is 1.32. The second-order valence-electron chi connectivity index (χ2n) is 4.12. The average molecular weight is 261 g/mol. The molecule has 2 aromatic rings.